The summed E-state index contributed by atoms with van der Waals surface area (Å²) < 4.78 is 0. The zero-order valence-electron chi connectivity index (χ0n) is 14.2. The molecular formula is C21H22N2. The molecule has 0 aliphatic heterocycles. The lowest BCUT2D eigenvalue weighted by Gasteiger charge is -2.11. The zero-order valence-corrected chi connectivity index (χ0v) is 14.2. The van der Waals surface area contributed by atoms with Crippen LogP contribution in [0.15, 0.2) is 48.7 Å². The first-order valence-electron chi connectivity index (χ1n) is 7.86. The number of rotatable bonds is 3. The number of aromatic nitrogens is 1. The molecule has 0 fully saturated rings. The van der Waals surface area contributed by atoms with E-state index in [0.717, 1.165) is 5.52 Å². The van der Waals surface area contributed by atoms with Gasteiger partial charge in [-0.2, -0.15) is 0 Å². The van der Waals surface area contributed by atoms with Crippen molar-refractivity contribution < 1.29 is 0 Å². The van der Waals surface area contributed by atoms with Crippen LogP contribution in [0.1, 0.15) is 22.3 Å². The van der Waals surface area contributed by atoms with Gasteiger partial charge in [0.15, 0.2) is 0 Å². The van der Waals surface area contributed by atoms with Crippen molar-refractivity contribution in [2.45, 2.75) is 13.8 Å². The summed E-state index contributed by atoms with van der Waals surface area (Å²) in [6, 6.07) is 15.0. The molecule has 116 valence electrons. The summed E-state index contributed by atoms with van der Waals surface area (Å²) in [6.07, 6.45) is 6.22. The SMILES string of the molecule is Cc1cc(C)c2c(/C=C/c3ccc(N(C)C)cc3)ccnc2c1. The van der Waals surface area contributed by atoms with Gasteiger partial charge in [-0.1, -0.05) is 30.4 Å². The number of fused-ring (bicyclic) bond motifs is 1. The van der Waals surface area contributed by atoms with E-state index in [9.17, 15) is 0 Å². The van der Waals surface area contributed by atoms with Crippen molar-refractivity contribution >= 4 is 28.7 Å². The highest BCUT2D eigenvalue weighted by molar-refractivity contribution is 5.93. The highest BCUT2D eigenvalue weighted by Crippen LogP contribution is 2.24. The van der Waals surface area contributed by atoms with Gasteiger partial charge in [0.05, 0.1) is 5.52 Å². The molecular weight excluding hydrogens is 280 g/mol. The van der Waals surface area contributed by atoms with Gasteiger partial charge in [0.1, 0.15) is 0 Å². The topological polar surface area (TPSA) is 16.1 Å². The fraction of sp³-hybridized carbons (Fsp3) is 0.190. The number of hydrogen-bond acceptors (Lipinski definition) is 2. The highest BCUT2D eigenvalue weighted by atomic mass is 15.1. The van der Waals surface area contributed by atoms with Gasteiger partial charge in [-0.15, -0.1) is 0 Å². The van der Waals surface area contributed by atoms with Gasteiger partial charge in [-0.3, -0.25) is 4.98 Å². The van der Waals surface area contributed by atoms with E-state index in [2.05, 4.69) is 92.4 Å². The van der Waals surface area contributed by atoms with E-state index >= 15 is 0 Å². The summed E-state index contributed by atoms with van der Waals surface area (Å²) >= 11 is 0. The maximum absolute atomic E-state index is 4.51. The fourth-order valence-corrected chi connectivity index (χ4v) is 2.91. The molecule has 0 spiro atoms. The lowest BCUT2D eigenvalue weighted by Crippen LogP contribution is -2.07. The van der Waals surface area contributed by atoms with Crippen LogP contribution in [0.3, 0.4) is 0 Å². The standard InChI is InChI=1S/C21H22N2/c1-15-13-16(2)21-18(11-12-22-20(21)14-15)8-5-17-6-9-19(10-7-17)23(3)4/h5-14H,1-4H3/b8-5+. The third kappa shape index (κ3) is 3.26. The average molecular weight is 302 g/mol. The Kier molecular flexibility index (Phi) is 4.16. The molecule has 3 rings (SSSR count). The van der Waals surface area contributed by atoms with Crippen molar-refractivity contribution in [1.29, 1.82) is 0 Å². The quantitative estimate of drug-likeness (QED) is 0.670. The number of benzene rings is 2. The molecule has 2 aromatic carbocycles. The molecule has 1 heterocycles. The Morgan fingerprint density at radius 1 is 0.913 bits per heavy atom. The summed E-state index contributed by atoms with van der Waals surface area (Å²) in [7, 11) is 4.11. The summed E-state index contributed by atoms with van der Waals surface area (Å²) in [5.74, 6) is 0. The van der Waals surface area contributed by atoms with Crippen LogP contribution < -0.4 is 4.90 Å². The number of aryl methyl sites for hydroxylation is 2. The molecule has 2 nitrogen and oxygen atoms in total. The maximum Gasteiger partial charge on any atom is 0.0713 e. The summed E-state index contributed by atoms with van der Waals surface area (Å²) in [4.78, 5) is 6.62. The van der Waals surface area contributed by atoms with Crippen molar-refractivity contribution in [1.82, 2.24) is 4.98 Å². The third-order valence-corrected chi connectivity index (χ3v) is 4.08. The fourth-order valence-electron chi connectivity index (χ4n) is 2.91. The summed E-state index contributed by atoms with van der Waals surface area (Å²) in [6.45, 7) is 4.27. The van der Waals surface area contributed by atoms with Gasteiger partial charge >= 0.3 is 0 Å². The van der Waals surface area contributed by atoms with Gasteiger partial charge < -0.3 is 4.90 Å². The van der Waals surface area contributed by atoms with Gasteiger partial charge in [-0.05, 0) is 60.4 Å². The van der Waals surface area contributed by atoms with E-state index in [0.29, 0.717) is 0 Å². The Labute approximate surface area is 138 Å². The van der Waals surface area contributed by atoms with Crippen LogP contribution in [-0.4, -0.2) is 19.1 Å². The molecule has 0 bridgehead atoms. The van der Waals surface area contributed by atoms with Gasteiger partial charge in [0.2, 0.25) is 0 Å². The normalized spacial score (nSPS) is 11.3. The second kappa shape index (κ2) is 6.25. The Hall–Kier alpha value is -2.61. The second-order valence-electron chi connectivity index (χ2n) is 6.20. The number of anilines is 1. The minimum Gasteiger partial charge on any atom is -0.378 e. The van der Waals surface area contributed by atoms with Crippen molar-refractivity contribution in [3.05, 3.63) is 70.9 Å². The minimum atomic E-state index is 1.06. The molecule has 1 aromatic heterocycles. The Morgan fingerprint density at radius 2 is 1.65 bits per heavy atom. The molecule has 0 radical (unpaired) electrons. The number of pyridine rings is 1. The Morgan fingerprint density at radius 3 is 2.35 bits per heavy atom. The van der Waals surface area contributed by atoms with E-state index in [4.69, 9.17) is 0 Å². The van der Waals surface area contributed by atoms with Crippen LogP contribution in [0, 0.1) is 13.8 Å². The van der Waals surface area contributed by atoms with E-state index in [1.54, 1.807) is 0 Å². The van der Waals surface area contributed by atoms with Crippen LogP contribution in [0.4, 0.5) is 5.69 Å². The maximum atomic E-state index is 4.51. The molecule has 0 saturated carbocycles. The molecule has 23 heavy (non-hydrogen) atoms. The number of hydrogen-bond donors (Lipinski definition) is 0. The van der Waals surface area contributed by atoms with Crippen LogP contribution in [-0.2, 0) is 0 Å². The largest absolute Gasteiger partial charge is 0.378 e. The Bertz CT molecular complexity index is 859. The van der Waals surface area contributed by atoms with Crippen LogP contribution in [0.2, 0.25) is 0 Å². The molecule has 0 aliphatic carbocycles. The van der Waals surface area contributed by atoms with E-state index in [-0.39, 0.29) is 0 Å². The first kappa shape index (κ1) is 15.3. The van der Waals surface area contributed by atoms with Gasteiger partial charge in [0, 0.05) is 31.4 Å². The van der Waals surface area contributed by atoms with E-state index < -0.39 is 0 Å². The predicted octanol–water partition coefficient (Wildman–Crippen LogP) is 5.09. The van der Waals surface area contributed by atoms with Crippen molar-refractivity contribution in [2.75, 3.05) is 19.0 Å². The van der Waals surface area contributed by atoms with Gasteiger partial charge in [-0.25, -0.2) is 0 Å². The highest BCUT2D eigenvalue weighted by Gasteiger charge is 2.04. The molecule has 0 amide bonds. The third-order valence-electron chi connectivity index (χ3n) is 4.08. The second-order valence-corrected chi connectivity index (χ2v) is 6.20. The van der Waals surface area contributed by atoms with E-state index in [1.165, 1.54) is 33.3 Å². The molecule has 0 N–H and O–H groups in total. The van der Waals surface area contributed by atoms with Crippen LogP contribution >= 0.6 is 0 Å². The first-order chi connectivity index (χ1) is 11.0. The zero-order chi connectivity index (χ0) is 16.4. The molecule has 2 heteroatoms. The Balaban J connectivity index is 1.98. The van der Waals surface area contributed by atoms with Crippen molar-refractivity contribution in [3.63, 3.8) is 0 Å². The molecule has 0 atom stereocenters. The average Bonchev–Trinajstić information content (AvgIpc) is 2.52. The molecule has 0 aliphatic rings. The number of nitrogens with zero attached hydrogens (tertiary/aromatic N) is 2. The lowest BCUT2D eigenvalue weighted by atomic mass is 10.0. The van der Waals surface area contributed by atoms with Crippen molar-refractivity contribution in [2.24, 2.45) is 0 Å². The monoisotopic (exact) mass is 302 g/mol. The van der Waals surface area contributed by atoms with Crippen LogP contribution in [0.25, 0.3) is 23.1 Å². The predicted molar refractivity (Wildman–Crippen MR) is 101 cm³/mol. The van der Waals surface area contributed by atoms with E-state index in [1.807, 2.05) is 6.20 Å². The molecule has 0 saturated heterocycles. The van der Waals surface area contributed by atoms with Gasteiger partial charge in [0.25, 0.3) is 0 Å². The molecule has 3 aromatic rings. The summed E-state index contributed by atoms with van der Waals surface area (Å²) in [5, 5.41) is 1.24. The minimum absolute atomic E-state index is 1.06. The van der Waals surface area contributed by atoms with Crippen molar-refractivity contribution in [3.8, 4) is 0 Å². The smallest absolute Gasteiger partial charge is 0.0713 e. The summed E-state index contributed by atoms with van der Waals surface area (Å²) in [5.41, 5.74) is 7.21. The first-order valence-corrected chi connectivity index (χ1v) is 7.86. The lowest BCUT2D eigenvalue weighted by molar-refractivity contribution is 1.13. The molecule has 0 unspecified atom stereocenters. The van der Waals surface area contributed by atoms with Crippen LogP contribution in [0.5, 0.6) is 0 Å².